The molecule has 104 valence electrons. The topological polar surface area (TPSA) is 50.2 Å². The van der Waals surface area contributed by atoms with Gasteiger partial charge in [-0.05, 0) is 38.3 Å². The SMILES string of the molecule is O=C(Cn1cccn1)N(CC1CCCCN1)C1CC1. The molecule has 1 unspecified atom stereocenters. The smallest absolute Gasteiger partial charge is 0.244 e. The van der Waals surface area contributed by atoms with Gasteiger partial charge in [0.25, 0.3) is 0 Å². The number of carbonyl (C=O) groups is 1. The highest BCUT2D eigenvalue weighted by atomic mass is 16.2. The van der Waals surface area contributed by atoms with Crippen molar-refractivity contribution in [1.82, 2.24) is 20.0 Å². The van der Waals surface area contributed by atoms with Gasteiger partial charge in [0.15, 0.2) is 0 Å². The minimum atomic E-state index is 0.207. The van der Waals surface area contributed by atoms with Gasteiger partial charge >= 0.3 is 0 Å². The number of aromatic nitrogens is 2. The van der Waals surface area contributed by atoms with E-state index in [1.807, 2.05) is 12.3 Å². The summed E-state index contributed by atoms with van der Waals surface area (Å²) in [6.45, 7) is 2.33. The van der Waals surface area contributed by atoms with E-state index < -0.39 is 0 Å². The highest BCUT2D eigenvalue weighted by molar-refractivity contribution is 5.76. The summed E-state index contributed by atoms with van der Waals surface area (Å²) in [5.74, 6) is 0.207. The van der Waals surface area contributed by atoms with Gasteiger partial charge in [-0.15, -0.1) is 0 Å². The second kappa shape index (κ2) is 5.74. The van der Waals surface area contributed by atoms with E-state index in [0.717, 1.165) is 25.9 Å². The first-order valence-corrected chi connectivity index (χ1v) is 7.33. The van der Waals surface area contributed by atoms with E-state index in [1.54, 1.807) is 10.9 Å². The predicted octanol–water partition coefficient (Wildman–Crippen LogP) is 1.02. The van der Waals surface area contributed by atoms with Crippen molar-refractivity contribution in [2.24, 2.45) is 0 Å². The fourth-order valence-electron chi connectivity index (χ4n) is 2.78. The third kappa shape index (κ3) is 3.35. The predicted molar refractivity (Wildman–Crippen MR) is 72.6 cm³/mol. The molecule has 1 aromatic heterocycles. The average Bonchev–Trinajstić information content (AvgIpc) is 3.15. The Morgan fingerprint density at radius 3 is 2.89 bits per heavy atom. The van der Waals surface area contributed by atoms with Crippen molar-refractivity contribution in [3.05, 3.63) is 18.5 Å². The van der Waals surface area contributed by atoms with Crippen LogP contribution in [0, 0.1) is 0 Å². The van der Waals surface area contributed by atoms with Crippen LogP contribution in [0.4, 0.5) is 0 Å². The number of hydrogen-bond acceptors (Lipinski definition) is 3. The van der Waals surface area contributed by atoms with Crippen molar-refractivity contribution in [3.63, 3.8) is 0 Å². The van der Waals surface area contributed by atoms with Gasteiger partial charge in [-0.1, -0.05) is 6.42 Å². The molecular weight excluding hydrogens is 240 g/mol. The van der Waals surface area contributed by atoms with E-state index in [0.29, 0.717) is 18.6 Å². The van der Waals surface area contributed by atoms with E-state index in [4.69, 9.17) is 0 Å². The first-order valence-electron chi connectivity index (χ1n) is 7.33. The quantitative estimate of drug-likeness (QED) is 0.862. The fraction of sp³-hybridized carbons (Fsp3) is 0.714. The third-order valence-electron chi connectivity index (χ3n) is 3.99. The molecule has 2 aliphatic rings. The second-order valence-corrected chi connectivity index (χ2v) is 5.63. The van der Waals surface area contributed by atoms with Crippen molar-refractivity contribution in [2.45, 2.75) is 50.7 Å². The van der Waals surface area contributed by atoms with Gasteiger partial charge in [-0.2, -0.15) is 5.10 Å². The lowest BCUT2D eigenvalue weighted by atomic mass is 10.0. The van der Waals surface area contributed by atoms with Gasteiger partial charge in [-0.25, -0.2) is 0 Å². The number of piperidine rings is 1. The van der Waals surface area contributed by atoms with Crippen LogP contribution in [0.2, 0.25) is 0 Å². The van der Waals surface area contributed by atoms with Crippen LogP contribution in [0.5, 0.6) is 0 Å². The van der Waals surface area contributed by atoms with Crippen molar-refractivity contribution in [2.75, 3.05) is 13.1 Å². The van der Waals surface area contributed by atoms with E-state index in [2.05, 4.69) is 15.3 Å². The zero-order valence-corrected chi connectivity index (χ0v) is 11.3. The van der Waals surface area contributed by atoms with Crippen LogP contribution in [0.3, 0.4) is 0 Å². The Bertz CT molecular complexity index is 407. The lowest BCUT2D eigenvalue weighted by Crippen LogP contribution is -2.47. The molecule has 1 aliphatic carbocycles. The molecule has 1 aliphatic heterocycles. The van der Waals surface area contributed by atoms with Crippen molar-refractivity contribution in [3.8, 4) is 0 Å². The first kappa shape index (κ1) is 12.7. The molecule has 1 N–H and O–H groups in total. The Kier molecular flexibility index (Phi) is 3.82. The van der Waals surface area contributed by atoms with Crippen LogP contribution >= 0.6 is 0 Å². The van der Waals surface area contributed by atoms with Gasteiger partial charge in [0, 0.05) is 31.0 Å². The molecule has 2 fully saturated rings. The van der Waals surface area contributed by atoms with E-state index in [1.165, 1.54) is 19.3 Å². The molecule has 1 amide bonds. The maximum atomic E-state index is 12.4. The number of hydrogen-bond donors (Lipinski definition) is 1. The number of rotatable bonds is 5. The first-order chi connectivity index (χ1) is 9.33. The fourth-order valence-corrected chi connectivity index (χ4v) is 2.78. The van der Waals surface area contributed by atoms with Gasteiger partial charge in [0.05, 0.1) is 0 Å². The molecule has 1 aromatic rings. The second-order valence-electron chi connectivity index (χ2n) is 5.63. The summed E-state index contributed by atoms with van der Waals surface area (Å²) >= 11 is 0. The normalized spacial score (nSPS) is 23.3. The summed E-state index contributed by atoms with van der Waals surface area (Å²) in [5, 5.41) is 7.65. The lowest BCUT2D eigenvalue weighted by Gasteiger charge is -2.30. The molecule has 5 nitrogen and oxygen atoms in total. The van der Waals surface area contributed by atoms with Crippen molar-refractivity contribution in [1.29, 1.82) is 0 Å². The summed E-state index contributed by atoms with van der Waals surface area (Å²) < 4.78 is 1.71. The summed E-state index contributed by atoms with van der Waals surface area (Å²) in [4.78, 5) is 14.5. The van der Waals surface area contributed by atoms with Crippen LogP contribution in [-0.2, 0) is 11.3 Å². The highest BCUT2D eigenvalue weighted by Crippen LogP contribution is 2.28. The number of amides is 1. The van der Waals surface area contributed by atoms with E-state index in [9.17, 15) is 4.79 Å². The largest absolute Gasteiger partial charge is 0.337 e. The standard InChI is InChI=1S/C14H22N4O/c19-14(11-17-9-3-8-16-17)18(13-5-6-13)10-12-4-1-2-7-15-12/h3,8-9,12-13,15H,1-2,4-7,10-11H2. The molecule has 1 atom stereocenters. The summed E-state index contributed by atoms with van der Waals surface area (Å²) in [6.07, 6.45) is 9.64. The van der Waals surface area contributed by atoms with Gasteiger partial charge in [0.1, 0.15) is 6.54 Å². The van der Waals surface area contributed by atoms with Crippen LogP contribution < -0.4 is 5.32 Å². The zero-order valence-electron chi connectivity index (χ0n) is 11.3. The Labute approximate surface area is 114 Å². The molecule has 1 saturated heterocycles. The van der Waals surface area contributed by atoms with Crippen LogP contribution in [0.1, 0.15) is 32.1 Å². The number of nitrogens with zero attached hydrogens (tertiary/aromatic N) is 3. The number of nitrogens with one attached hydrogen (secondary N) is 1. The molecule has 2 heterocycles. The van der Waals surface area contributed by atoms with Crippen molar-refractivity contribution < 1.29 is 4.79 Å². The summed E-state index contributed by atoms with van der Waals surface area (Å²) in [5.41, 5.74) is 0. The zero-order chi connectivity index (χ0) is 13.1. The Hall–Kier alpha value is -1.36. The van der Waals surface area contributed by atoms with E-state index >= 15 is 0 Å². The minimum Gasteiger partial charge on any atom is -0.337 e. The molecule has 0 spiro atoms. The number of carbonyl (C=O) groups excluding carboxylic acids is 1. The van der Waals surface area contributed by atoms with E-state index in [-0.39, 0.29) is 5.91 Å². The molecule has 5 heteroatoms. The summed E-state index contributed by atoms with van der Waals surface area (Å²) in [7, 11) is 0. The maximum absolute atomic E-state index is 12.4. The summed E-state index contributed by atoms with van der Waals surface area (Å²) in [6, 6.07) is 2.82. The molecule has 3 rings (SSSR count). The van der Waals surface area contributed by atoms with Crippen LogP contribution in [0.15, 0.2) is 18.5 Å². The van der Waals surface area contributed by atoms with Crippen LogP contribution in [-0.4, -0.2) is 45.8 Å². The Balaban J connectivity index is 1.58. The monoisotopic (exact) mass is 262 g/mol. The van der Waals surface area contributed by atoms with Gasteiger partial charge < -0.3 is 10.2 Å². The lowest BCUT2D eigenvalue weighted by molar-refractivity contribution is -0.133. The highest BCUT2D eigenvalue weighted by Gasteiger charge is 2.34. The molecular formula is C14H22N4O. The molecule has 1 saturated carbocycles. The molecule has 0 aromatic carbocycles. The Morgan fingerprint density at radius 2 is 2.26 bits per heavy atom. The van der Waals surface area contributed by atoms with Gasteiger partial charge in [-0.3, -0.25) is 9.48 Å². The third-order valence-corrected chi connectivity index (χ3v) is 3.99. The minimum absolute atomic E-state index is 0.207. The Morgan fingerprint density at radius 1 is 1.37 bits per heavy atom. The molecule has 0 bridgehead atoms. The average molecular weight is 262 g/mol. The van der Waals surface area contributed by atoms with Crippen LogP contribution in [0.25, 0.3) is 0 Å². The molecule has 0 radical (unpaired) electrons. The molecule has 19 heavy (non-hydrogen) atoms. The van der Waals surface area contributed by atoms with Gasteiger partial charge in [0.2, 0.25) is 5.91 Å². The van der Waals surface area contributed by atoms with Crippen molar-refractivity contribution >= 4 is 5.91 Å². The maximum Gasteiger partial charge on any atom is 0.244 e.